The van der Waals surface area contributed by atoms with Crippen molar-refractivity contribution in [3.05, 3.63) is 0 Å². The molecule has 2 N–H and O–H groups in total. The lowest BCUT2D eigenvalue weighted by Gasteiger charge is -2.17. The van der Waals surface area contributed by atoms with Gasteiger partial charge < -0.3 is 5.32 Å². The molecule has 1 atom stereocenters. The quantitative estimate of drug-likeness (QED) is 0.595. The van der Waals surface area contributed by atoms with Crippen molar-refractivity contribution >= 4 is 17.7 Å². The van der Waals surface area contributed by atoms with E-state index in [1.165, 1.54) is 0 Å². The number of thioether (sulfide) groups is 1. The van der Waals surface area contributed by atoms with E-state index in [-0.39, 0.29) is 16.8 Å². The highest BCUT2D eigenvalue weighted by atomic mass is 32.2. The smallest absolute Gasteiger partial charge is 0.237 e. The molecule has 64 valence electrons. The monoisotopic (exact) mass is 174 g/mol. The number of carbonyl (C=O) groups is 1. The Morgan fingerprint density at radius 3 is 2.73 bits per heavy atom. The van der Waals surface area contributed by atoms with Crippen LogP contribution in [0.3, 0.4) is 0 Å². The Morgan fingerprint density at radius 2 is 2.36 bits per heavy atom. The van der Waals surface area contributed by atoms with Gasteiger partial charge in [0.15, 0.2) is 0 Å². The third kappa shape index (κ3) is 2.10. The van der Waals surface area contributed by atoms with Crippen LogP contribution in [0.1, 0.15) is 13.8 Å². The first kappa shape index (κ1) is 8.87. The van der Waals surface area contributed by atoms with E-state index in [1.807, 2.05) is 0 Å². The van der Waals surface area contributed by atoms with Crippen LogP contribution < -0.4 is 10.6 Å². The van der Waals surface area contributed by atoms with Crippen molar-refractivity contribution < 1.29 is 4.79 Å². The fourth-order valence-corrected chi connectivity index (χ4v) is 2.15. The average Bonchev–Trinajstić information content (AvgIpc) is 2.29. The highest BCUT2D eigenvalue weighted by Gasteiger charge is 2.33. The first-order valence-corrected chi connectivity index (χ1v) is 4.67. The standard InChI is InChI=1S/C7H14N2OS/c1-7(2)9-5(4-11-7)6(10)8-3/h5,9H,4H2,1-3H3,(H,8,10)/t5-/m0/s1. The number of rotatable bonds is 1. The minimum Gasteiger partial charge on any atom is -0.358 e. The summed E-state index contributed by atoms with van der Waals surface area (Å²) in [6.45, 7) is 4.17. The molecule has 3 nitrogen and oxygen atoms in total. The second kappa shape index (κ2) is 3.03. The molecule has 1 rings (SSSR count). The van der Waals surface area contributed by atoms with Gasteiger partial charge >= 0.3 is 0 Å². The summed E-state index contributed by atoms with van der Waals surface area (Å²) in [5, 5.41) is 5.86. The van der Waals surface area contributed by atoms with Crippen LogP contribution in [0.2, 0.25) is 0 Å². The second-order valence-electron chi connectivity index (χ2n) is 3.13. The highest BCUT2D eigenvalue weighted by Crippen LogP contribution is 2.28. The third-order valence-corrected chi connectivity index (χ3v) is 3.04. The molecule has 0 radical (unpaired) electrons. The van der Waals surface area contributed by atoms with Gasteiger partial charge in [-0.15, -0.1) is 11.8 Å². The normalized spacial score (nSPS) is 28.5. The number of nitrogens with one attached hydrogen (secondary N) is 2. The highest BCUT2D eigenvalue weighted by molar-refractivity contribution is 8.00. The van der Waals surface area contributed by atoms with Gasteiger partial charge in [0.1, 0.15) is 0 Å². The molecule has 0 aromatic heterocycles. The molecule has 1 saturated heterocycles. The van der Waals surface area contributed by atoms with Crippen LogP contribution in [0.5, 0.6) is 0 Å². The van der Waals surface area contributed by atoms with Gasteiger partial charge in [-0.1, -0.05) is 0 Å². The molecule has 1 aliphatic heterocycles. The molecule has 0 aliphatic carbocycles. The van der Waals surface area contributed by atoms with Crippen LogP contribution in [0, 0.1) is 0 Å². The van der Waals surface area contributed by atoms with Crippen molar-refractivity contribution in [1.82, 2.24) is 10.6 Å². The van der Waals surface area contributed by atoms with Gasteiger partial charge in [0, 0.05) is 12.8 Å². The largest absolute Gasteiger partial charge is 0.358 e. The van der Waals surface area contributed by atoms with E-state index < -0.39 is 0 Å². The van der Waals surface area contributed by atoms with E-state index in [0.717, 1.165) is 5.75 Å². The first-order chi connectivity index (χ1) is 5.05. The minimum absolute atomic E-state index is 0.0139. The summed E-state index contributed by atoms with van der Waals surface area (Å²) in [6.07, 6.45) is 0. The van der Waals surface area contributed by atoms with Gasteiger partial charge in [-0.3, -0.25) is 10.1 Å². The molecular weight excluding hydrogens is 160 g/mol. The average molecular weight is 174 g/mol. The lowest BCUT2D eigenvalue weighted by Crippen LogP contribution is -2.45. The van der Waals surface area contributed by atoms with Crippen LogP contribution in [0.15, 0.2) is 0 Å². The molecule has 1 heterocycles. The van der Waals surface area contributed by atoms with Crippen LogP contribution in [-0.4, -0.2) is 29.6 Å². The molecular formula is C7H14N2OS. The molecule has 0 spiro atoms. The second-order valence-corrected chi connectivity index (χ2v) is 4.78. The third-order valence-electron chi connectivity index (χ3n) is 1.70. The lowest BCUT2D eigenvalue weighted by atomic mass is 10.2. The zero-order valence-corrected chi connectivity index (χ0v) is 7.92. The number of likely N-dealkylation sites (N-methyl/N-ethyl adjacent to an activating group) is 1. The summed E-state index contributed by atoms with van der Waals surface area (Å²) in [5.41, 5.74) is 0. The summed E-state index contributed by atoms with van der Waals surface area (Å²) in [7, 11) is 1.67. The van der Waals surface area contributed by atoms with E-state index >= 15 is 0 Å². The minimum atomic E-state index is -0.0139. The van der Waals surface area contributed by atoms with Gasteiger partial charge in [0.05, 0.1) is 10.9 Å². The SMILES string of the molecule is CNC(=O)[C@@H]1CSC(C)(C)N1. The Bertz CT molecular complexity index is 170. The maximum absolute atomic E-state index is 11.1. The number of amides is 1. The Morgan fingerprint density at radius 1 is 1.73 bits per heavy atom. The summed E-state index contributed by atoms with van der Waals surface area (Å²) < 4.78 is 0. The lowest BCUT2D eigenvalue weighted by molar-refractivity contribution is -0.122. The van der Waals surface area contributed by atoms with Gasteiger partial charge in [-0.25, -0.2) is 0 Å². The number of carbonyl (C=O) groups excluding carboxylic acids is 1. The molecule has 1 fully saturated rings. The Kier molecular flexibility index (Phi) is 2.44. The molecule has 0 unspecified atom stereocenters. The van der Waals surface area contributed by atoms with Crippen LogP contribution in [-0.2, 0) is 4.79 Å². The van der Waals surface area contributed by atoms with Gasteiger partial charge in [0.25, 0.3) is 0 Å². The molecule has 0 aromatic rings. The number of hydrogen-bond acceptors (Lipinski definition) is 3. The predicted molar refractivity (Wildman–Crippen MR) is 47.5 cm³/mol. The van der Waals surface area contributed by atoms with Crippen LogP contribution in [0.25, 0.3) is 0 Å². The summed E-state index contributed by atoms with van der Waals surface area (Å²) >= 11 is 1.78. The van der Waals surface area contributed by atoms with Crippen molar-refractivity contribution in [2.45, 2.75) is 24.8 Å². The molecule has 0 bridgehead atoms. The Hall–Kier alpha value is -0.220. The molecule has 1 amide bonds. The molecule has 4 heteroatoms. The van der Waals surface area contributed by atoms with Crippen molar-refractivity contribution in [2.24, 2.45) is 0 Å². The van der Waals surface area contributed by atoms with E-state index in [9.17, 15) is 4.79 Å². The Balaban J connectivity index is 2.48. The maximum atomic E-state index is 11.1. The zero-order valence-electron chi connectivity index (χ0n) is 7.10. The fourth-order valence-electron chi connectivity index (χ4n) is 1.11. The van der Waals surface area contributed by atoms with E-state index in [2.05, 4.69) is 24.5 Å². The van der Waals surface area contributed by atoms with E-state index in [0.29, 0.717) is 0 Å². The zero-order chi connectivity index (χ0) is 8.48. The van der Waals surface area contributed by atoms with Gasteiger partial charge in [0.2, 0.25) is 5.91 Å². The van der Waals surface area contributed by atoms with Crippen molar-refractivity contribution in [3.63, 3.8) is 0 Å². The fraction of sp³-hybridized carbons (Fsp3) is 0.857. The van der Waals surface area contributed by atoms with E-state index in [1.54, 1.807) is 18.8 Å². The molecule has 0 aromatic carbocycles. The van der Waals surface area contributed by atoms with Crippen molar-refractivity contribution in [2.75, 3.05) is 12.8 Å². The first-order valence-electron chi connectivity index (χ1n) is 3.68. The van der Waals surface area contributed by atoms with Crippen LogP contribution in [0.4, 0.5) is 0 Å². The van der Waals surface area contributed by atoms with Crippen molar-refractivity contribution in [3.8, 4) is 0 Å². The maximum Gasteiger partial charge on any atom is 0.237 e. The summed E-state index contributed by atoms with van der Waals surface area (Å²) in [6, 6.07) is -0.0139. The Labute approximate surface area is 71.3 Å². The van der Waals surface area contributed by atoms with Gasteiger partial charge in [-0.2, -0.15) is 0 Å². The van der Waals surface area contributed by atoms with Gasteiger partial charge in [-0.05, 0) is 13.8 Å². The topological polar surface area (TPSA) is 41.1 Å². The molecule has 1 aliphatic rings. The summed E-state index contributed by atoms with van der Waals surface area (Å²) in [4.78, 5) is 11.2. The van der Waals surface area contributed by atoms with Crippen molar-refractivity contribution in [1.29, 1.82) is 0 Å². The number of hydrogen-bond donors (Lipinski definition) is 2. The predicted octanol–water partition coefficient (Wildman–Crippen LogP) is 0.173. The summed E-state index contributed by atoms with van der Waals surface area (Å²) in [5.74, 6) is 0.954. The molecule has 0 saturated carbocycles. The van der Waals surface area contributed by atoms with E-state index in [4.69, 9.17) is 0 Å². The van der Waals surface area contributed by atoms with Crippen LogP contribution >= 0.6 is 11.8 Å². The molecule has 11 heavy (non-hydrogen) atoms.